The van der Waals surface area contributed by atoms with Gasteiger partial charge in [0, 0.05) is 37.3 Å². The topological polar surface area (TPSA) is 79.3 Å². The molecule has 0 amide bonds. The minimum absolute atomic E-state index is 0.0486. The number of nitrogens with zero attached hydrogens (tertiary/aromatic N) is 2. The van der Waals surface area contributed by atoms with E-state index in [2.05, 4.69) is 4.74 Å². The molecule has 0 aliphatic carbocycles. The van der Waals surface area contributed by atoms with E-state index in [4.69, 9.17) is 4.74 Å². The molecular formula is C31H29F9N2O5S. The normalized spacial score (nSPS) is 21.0. The highest BCUT2D eigenvalue weighted by Crippen LogP contribution is 2.54. The molecule has 2 fully saturated rings. The number of halogens is 9. The van der Waals surface area contributed by atoms with Crippen molar-refractivity contribution in [1.29, 1.82) is 0 Å². The number of likely N-dealkylation sites (tertiary alicyclic amines) is 1. The van der Waals surface area contributed by atoms with Crippen LogP contribution in [0.1, 0.15) is 23.1 Å². The van der Waals surface area contributed by atoms with Crippen LogP contribution in [0.4, 0.5) is 39.5 Å². The van der Waals surface area contributed by atoms with Gasteiger partial charge in [-0.2, -0.15) is 26.3 Å². The van der Waals surface area contributed by atoms with Crippen LogP contribution < -0.4 is 0 Å². The van der Waals surface area contributed by atoms with Gasteiger partial charge in [0.15, 0.2) is 16.2 Å². The Labute approximate surface area is 269 Å². The fourth-order valence-electron chi connectivity index (χ4n) is 6.09. The van der Waals surface area contributed by atoms with Crippen molar-refractivity contribution in [3.8, 4) is 0 Å². The van der Waals surface area contributed by atoms with Crippen LogP contribution in [0, 0.1) is 17.5 Å². The lowest BCUT2D eigenvalue weighted by atomic mass is 9.88. The molecule has 0 aromatic heterocycles. The number of rotatable bonds is 9. The SMILES string of the molecule is O=S(=O)(c1ccc(F)cc1)[C@]1(c2ccc(C(OCc3c(F)cccc3F)(C(F)(F)F)C(F)(F)F)cc2)CCN(C(O)N2CCOCC2)C1. The van der Waals surface area contributed by atoms with Crippen LogP contribution in [0.3, 0.4) is 0 Å². The summed E-state index contributed by atoms with van der Waals surface area (Å²) < 4.78 is 165. The van der Waals surface area contributed by atoms with Crippen molar-refractivity contribution in [1.82, 2.24) is 9.80 Å². The highest BCUT2D eigenvalue weighted by atomic mass is 32.2. The molecule has 2 heterocycles. The second-order valence-corrected chi connectivity index (χ2v) is 13.7. The zero-order chi connectivity index (χ0) is 35.1. The van der Waals surface area contributed by atoms with E-state index in [9.17, 15) is 53.0 Å². The van der Waals surface area contributed by atoms with Gasteiger partial charge < -0.3 is 14.6 Å². The Hall–Kier alpha value is -3.22. The number of aliphatic hydroxyl groups excluding tert-OH is 1. The lowest BCUT2D eigenvalue weighted by Crippen LogP contribution is -2.56. The van der Waals surface area contributed by atoms with Crippen LogP contribution in [0.2, 0.25) is 0 Å². The minimum atomic E-state index is -6.21. The van der Waals surface area contributed by atoms with Gasteiger partial charge in [0.2, 0.25) is 0 Å². The van der Waals surface area contributed by atoms with Gasteiger partial charge in [-0.15, -0.1) is 0 Å². The quantitative estimate of drug-likeness (QED) is 0.228. The van der Waals surface area contributed by atoms with Crippen molar-refractivity contribution >= 4 is 9.84 Å². The molecule has 17 heteroatoms. The molecular weight excluding hydrogens is 683 g/mol. The standard InChI is InChI=1S/C31H29F9N2O5S/c32-22-8-10-23(11-9-22)48(44,45)28(12-13-42(19-28)27(43)41-14-16-46-17-15-41)20-4-6-21(7-5-20)29(30(35,36)37,31(38,39)40)47-18-24-25(33)2-1-3-26(24)34/h1-11,27,43H,12-19H2/t27?,28-/m1/s1. The maximum Gasteiger partial charge on any atom is 0.430 e. The number of ether oxygens (including phenoxy) is 2. The molecule has 0 bridgehead atoms. The highest BCUT2D eigenvalue weighted by molar-refractivity contribution is 7.92. The Bertz CT molecular complexity index is 1660. The molecule has 262 valence electrons. The number of benzene rings is 3. The van der Waals surface area contributed by atoms with Gasteiger partial charge in [-0.05, 0) is 48.4 Å². The van der Waals surface area contributed by atoms with Crippen molar-refractivity contribution in [2.45, 2.75) is 47.0 Å². The molecule has 3 aromatic carbocycles. The molecule has 5 rings (SSSR count). The Kier molecular flexibility index (Phi) is 9.95. The molecule has 2 aliphatic heterocycles. The maximum atomic E-state index is 14.5. The predicted octanol–water partition coefficient (Wildman–Crippen LogP) is 5.62. The molecule has 0 saturated carbocycles. The highest BCUT2D eigenvalue weighted by Gasteiger charge is 2.73. The monoisotopic (exact) mass is 712 g/mol. The summed E-state index contributed by atoms with van der Waals surface area (Å²) in [6, 6.07) is 8.24. The average molecular weight is 713 g/mol. The number of aliphatic hydroxyl groups is 1. The van der Waals surface area contributed by atoms with E-state index in [1.54, 1.807) is 4.90 Å². The van der Waals surface area contributed by atoms with Gasteiger partial charge in [-0.3, -0.25) is 9.80 Å². The molecule has 2 aliphatic rings. The molecule has 0 spiro atoms. The van der Waals surface area contributed by atoms with Crippen molar-refractivity contribution < 1.29 is 62.5 Å². The van der Waals surface area contributed by atoms with Gasteiger partial charge in [0.05, 0.1) is 24.7 Å². The van der Waals surface area contributed by atoms with Crippen LogP contribution in [-0.4, -0.2) is 81.4 Å². The van der Waals surface area contributed by atoms with Crippen LogP contribution in [0.25, 0.3) is 0 Å². The van der Waals surface area contributed by atoms with Crippen LogP contribution in [0.5, 0.6) is 0 Å². The van der Waals surface area contributed by atoms with Crippen molar-refractivity contribution in [3.63, 3.8) is 0 Å². The lowest BCUT2D eigenvalue weighted by molar-refractivity contribution is -0.392. The third-order valence-corrected chi connectivity index (χ3v) is 11.2. The first-order valence-corrected chi connectivity index (χ1v) is 16.0. The number of hydrogen-bond donors (Lipinski definition) is 1. The van der Waals surface area contributed by atoms with Crippen LogP contribution in [0.15, 0.2) is 71.6 Å². The number of hydrogen-bond acceptors (Lipinski definition) is 7. The summed E-state index contributed by atoms with van der Waals surface area (Å²) in [7, 11) is -4.55. The predicted molar refractivity (Wildman–Crippen MR) is 151 cm³/mol. The largest absolute Gasteiger partial charge is 0.430 e. The summed E-state index contributed by atoms with van der Waals surface area (Å²) >= 11 is 0. The first-order chi connectivity index (χ1) is 22.4. The fourth-order valence-corrected chi connectivity index (χ4v) is 8.18. The maximum absolute atomic E-state index is 14.5. The van der Waals surface area contributed by atoms with E-state index < -0.39 is 80.6 Å². The Morgan fingerprint density at radius 3 is 1.92 bits per heavy atom. The summed E-state index contributed by atoms with van der Waals surface area (Å²) in [6.45, 7) is -1.05. The summed E-state index contributed by atoms with van der Waals surface area (Å²) in [4.78, 5) is 2.65. The molecule has 7 nitrogen and oxygen atoms in total. The third-order valence-electron chi connectivity index (χ3n) is 8.71. The van der Waals surface area contributed by atoms with E-state index in [0.29, 0.717) is 37.4 Å². The molecule has 1 unspecified atom stereocenters. The minimum Gasteiger partial charge on any atom is -0.379 e. The first-order valence-electron chi connectivity index (χ1n) is 14.5. The molecule has 3 aromatic rings. The van der Waals surface area contributed by atoms with Gasteiger partial charge >= 0.3 is 12.4 Å². The second-order valence-electron chi connectivity index (χ2n) is 11.4. The Morgan fingerprint density at radius 2 is 1.38 bits per heavy atom. The van der Waals surface area contributed by atoms with Gasteiger partial charge in [-0.1, -0.05) is 30.3 Å². The number of morpholine rings is 1. The molecule has 2 atom stereocenters. The van der Waals surface area contributed by atoms with Gasteiger partial charge in [0.25, 0.3) is 5.60 Å². The summed E-state index contributed by atoms with van der Waals surface area (Å²) in [5, 5.41) is 11.1. The second kappa shape index (κ2) is 13.2. The van der Waals surface area contributed by atoms with E-state index >= 15 is 0 Å². The zero-order valence-electron chi connectivity index (χ0n) is 24.9. The Balaban J connectivity index is 1.59. The summed E-state index contributed by atoms with van der Waals surface area (Å²) in [6.07, 6.45) is -14.0. The van der Waals surface area contributed by atoms with E-state index in [1.165, 1.54) is 4.90 Å². The molecule has 2 saturated heterocycles. The fraction of sp³-hybridized carbons (Fsp3) is 0.419. The van der Waals surface area contributed by atoms with E-state index in [0.717, 1.165) is 42.5 Å². The van der Waals surface area contributed by atoms with Gasteiger partial charge in [-0.25, -0.2) is 21.6 Å². The smallest absolute Gasteiger partial charge is 0.379 e. The summed E-state index contributed by atoms with van der Waals surface area (Å²) in [5.41, 5.74) is -7.99. The molecule has 48 heavy (non-hydrogen) atoms. The summed E-state index contributed by atoms with van der Waals surface area (Å²) in [5.74, 6) is -3.61. The van der Waals surface area contributed by atoms with Crippen LogP contribution >= 0.6 is 0 Å². The van der Waals surface area contributed by atoms with E-state index in [1.807, 2.05) is 0 Å². The lowest BCUT2D eigenvalue weighted by Gasteiger charge is -2.38. The third kappa shape index (κ3) is 6.31. The van der Waals surface area contributed by atoms with Crippen molar-refractivity contribution in [3.05, 3.63) is 101 Å². The van der Waals surface area contributed by atoms with Crippen molar-refractivity contribution in [2.24, 2.45) is 0 Å². The molecule has 1 N–H and O–H groups in total. The number of sulfone groups is 1. The number of alkyl halides is 6. The van der Waals surface area contributed by atoms with Gasteiger partial charge in [0.1, 0.15) is 22.2 Å². The Morgan fingerprint density at radius 1 is 0.812 bits per heavy atom. The van der Waals surface area contributed by atoms with Crippen molar-refractivity contribution in [2.75, 3.05) is 39.4 Å². The molecule has 0 radical (unpaired) electrons. The first kappa shape index (κ1) is 36.1. The average Bonchev–Trinajstić information content (AvgIpc) is 3.49. The van der Waals surface area contributed by atoms with Crippen LogP contribution in [-0.2, 0) is 36.3 Å². The zero-order valence-corrected chi connectivity index (χ0v) is 25.7. The van der Waals surface area contributed by atoms with E-state index in [-0.39, 0.29) is 36.6 Å².